The topological polar surface area (TPSA) is 169 Å². The summed E-state index contributed by atoms with van der Waals surface area (Å²) in [6, 6.07) is 0.168. The number of carbonyl (C=O) groups excluding carboxylic acids is 1. The van der Waals surface area contributed by atoms with Gasteiger partial charge in [-0.1, -0.05) is 5.09 Å². The molecule has 0 bridgehead atoms. The van der Waals surface area contributed by atoms with Gasteiger partial charge < -0.3 is 19.7 Å². The van der Waals surface area contributed by atoms with E-state index in [0.717, 1.165) is 16.8 Å². The molecule has 4 N–H and O–H groups in total. The Morgan fingerprint density at radius 3 is 2.69 bits per heavy atom. The molecule has 0 aromatic carbocycles. The normalized spacial score (nSPS) is 28.4. The third kappa shape index (κ3) is 5.56. The number of hydrogen-bond acceptors (Lipinski definition) is 9. The number of carbonyl (C=O) groups is 1. The van der Waals surface area contributed by atoms with Crippen LogP contribution in [0.5, 0.6) is 0 Å². The second-order valence-corrected chi connectivity index (χ2v) is 8.13. The van der Waals surface area contributed by atoms with Crippen molar-refractivity contribution in [3.8, 4) is 0 Å². The monoisotopic (exact) mass is 434 g/mol. The summed E-state index contributed by atoms with van der Waals surface area (Å²) in [6.07, 6.45) is -3.14. The fourth-order valence-corrected chi connectivity index (χ4v) is 3.49. The second kappa shape index (κ2) is 9.24. The van der Waals surface area contributed by atoms with Crippen molar-refractivity contribution in [3.63, 3.8) is 0 Å². The van der Waals surface area contributed by atoms with Gasteiger partial charge in [0.05, 0.1) is 6.10 Å². The summed E-state index contributed by atoms with van der Waals surface area (Å²) in [5.41, 5.74) is -3.36. The average Bonchev–Trinajstić information content (AvgIpc) is 2.82. The Hall–Kier alpha value is -1.95. The SMILES string of the molecule is CC(C)OC(=O)C(C)N[P+](=O)OCC1OC(n2ccc(=O)[nH]c2=O)C(C)(O)C1O. The number of rotatable bonds is 8. The standard InChI is InChI=1S/C16H24N3O9P/c1-8(2)27-13(22)9(3)18-29(25)26-7-10-12(21)16(4,24)14(28-10)19-6-5-11(20)17-15(19)23/h5-6,8-10,12,14,21,24H,7H2,1-4H3,(H-,17,18,20,23,25)/p+1. The van der Waals surface area contributed by atoms with E-state index in [1.807, 2.05) is 4.98 Å². The van der Waals surface area contributed by atoms with Gasteiger partial charge in [-0.2, -0.15) is 0 Å². The zero-order valence-electron chi connectivity index (χ0n) is 16.4. The van der Waals surface area contributed by atoms with Crippen molar-refractivity contribution >= 4 is 14.1 Å². The quantitative estimate of drug-likeness (QED) is 0.299. The van der Waals surface area contributed by atoms with E-state index in [1.54, 1.807) is 13.8 Å². The lowest BCUT2D eigenvalue weighted by molar-refractivity contribution is -0.149. The van der Waals surface area contributed by atoms with Crippen LogP contribution in [-0.4, -0.2) is 62.3 Å². The molecule has 29 heavy (non-hydrogen) atoms. The van der Waals surface area contributed by atoms with E-state index < -0.39 is 62.1 Å². The number of nitrogens with zero attached hydrogens (tertiary/aromatic N) is 1. The number of aliphatic hydroxyl groups is 2. The molecule has 0 amide bonds. The molecule has 1 saturated heterocycles. The van der Waals surface area contributed by atoms with E-state index in [0.29, 0.717) is 0 Å². The van der Waals surface area contributed by atoms with Crippen molar-refractivity contribution in [2.45, 2.75) is 63.9 Å². The van der Waals surface area contributed by atoms with Crippen LogP contribution in [-0.2, 0) is 23.4 Å². The molecule has 0 spiro atoms. The molecule has 13 heteroatoms. The predicted molar refractivity (Wildman–Crippen MR) is 99.2 cm³/mol. The van der Waals surface area contributed by atoms with Gasteiger partial charge in [-0.15, -0.1) is 4.52 Å². The average molecular weight is 434 g/mol. The molecule has 0 radical (unpaired) electrons. The van der Waals surface area contributed by atoms with Gasteiger partial charge in [0.1, 0.15) is 30.5 Å². The fourth-order valence-electron chi connectivity index (χ4n) is 2.71. The van der Waals surface area contributed by atoms with E-state index in [1.165, 1.54) is 13.8 Å². The third-order valence-electron chi connectivity index (χ3n) is 4.22. The van der Waals surface area contributed by atoms with E-state index in [9.17, 15) is 29.2 Å². The van der Waals surface area contributed by atoms with Gasteiger partial charge >= 0.3 is 19.8 Å². The third-order valence-corrected chi connectivity index (χ3v) is 5.20. The van der Waals surface area contributed by atoms with E-state index in [4.69, 9.17) is 14.0 Å². The molecule has 12 nitrogen and oxygen atoms in total. The molecule has 1 aromatic heterocycles. The molecule has 0 saturated carbocycles. The number of aromatic nitrogens is 2. The maximum Gasteiger partial charge on any atom is 0.613 e. The van der Waals surface area contributed by atoms with Crippen LogP contribution in [0.4, 0.5) is 0 Å². The molecule has 6 atom stereocenters. The molecule has 2 rings (SSSR count). The van der Waals surface area contributed by atoms with Crippen molar-refractivity contribution in [1.82, 2.24) is 14.6 Å². The predicted octanol–water partition coefficient (Wildman–Crippen LogP) is -0.850. The van der Waals surface area contributed by atoms with Gasteiger partial charge in [-0.25, -0.2) is 4.79 Å². The molecular weight excluding hydrogens is 409 g/mol. The molecule has 2 heterocycles. The van der Waals surface area contributed by atoms with Crippen molar-refractivity contribution in [2.75, 3.05) is 6.61 Å². The Balaban J connectivity index is 2.00. The molecule has 1 aliphatic rings. The van der Waals surface area contributed by atoms with Crippen molar-refractivity contribution in [1.29, 1.82) is 0 Å². The van der Waals surface area contributed by atoms with Crippen molar-refractivity contribution < 1.29 is 33.6 Å². The maximum absolute atomic E-state index is 12.0. The minimum absolute atomic E-state index is 0.330. The van der Waals surface area contributed by atoms with Crippen LogP contribution < -0.4 is 16.3 Å². The lowest BCUT2D eigenvalue weighted by Crippen LogP contribution is -2.46. The first kappa shape index (κ1) is 23.3. The molecule has 1 aliphatic heterocycles. The van der Waals surface area contributed by atoms with Crippen LogP contribution in [0.3, 0.4) is 0 Å². The number of hydrogen-bond donors (Lipinski definition) is 4. The van der Waals surface area contributed by atoms with Crippen LogP contribution in [0.1, 0.15) is 33.9 Å². The number of H-pyrrole nitrogens is 1. The molecular formula is C16H25N3O9P+. The van der Waals surface area contributed by atoms with Crippen LogP contribution >= 0.6 is 8.18 Å². The molecule has 162 valence electrons. The first-order valence-corrected chi connectivity index (χ1v) is 10.1. The summed E-state index contributed by atoms with van der Waals surface area (Å²) in [4.78, 5) is 36.9. The van der Waals surface area contributed by atoms with E-state index in [2.05, 4.69) is 5.09 Å². The minimum atomic E-state index is -2.51. The first-order valence-electron chi connectivity index (χ1n) is 8.87. The smallest absolute Gasteiger partial charge is 0.462 e. The van der Waals surface area contributed by atoms with Gasteiger partial charge in [-0.3, -0.25) is 19.1 Å². The highest BCUT2D eigenvalue weighted by Crippen LogP contribution is 2.38. The van der Waals surface area contributed by atoms with E-state index in [-0.39, 0.29) is 6.10 Å². The van der Waals surface area contributed by atoms with Crippen LogP contribution in [0, 0.1) is 0 Å². The van der Waals surface area contributed by atoms with Gasteiger partial charge in [0, 0.05) is 12.3 Å². The van der Waals surface area contributed by atoms with Crippen molar-refractivity contribution in [2.24, 2.45) is 0 Å². The fraction of sp³-hybridized carbons (Fsp3) is 0.688. The summed E-state index contributed by atoms with van der Waals surface area (Å²) in [6.45, 7) is 5.65. The number of nitrogens with one attached hydrogen (secondary N) is 2. The number of aliphatic hydroxyl groups excluding tert-OH is 1. The first-order chi connectivity index (χ1) is 13.4. The van der Waals surface area contributed by atoms with Crippen LogP contribution in [0.15, 0.2) is 21.9 Å². The minimum Gasteiger partial charge on any atom is -0.462 e. The largest absolute Gasteiger partial charge is 0.613 e. The maximum atomic E-state index is 12.0. The molecule has 0 aliphatic carbocycles. The number of aromatic amines is 1. The summed E-state index contributed by atoms with van der Waals surface area (Å²) in [5.74, 6) is -0.607. The second-order valence-electron chi connectivity index (χ2n) is 7.10. The Morgan fingerprint density at radius 1 is 1.45 bits per heavy atom. The van der Waals surface area contributed by atoms with E-state index >= 15 is 0 Å². The highest BCUT2D eigenvalue weighted by atomic mass is 31.1. The van der Waals surface area contributed by atoms with Crippen LogP contribution in [0.2, 0.25) is 0 Å². The highest BCUT2D eigenvalue weighted by Gasteiger charge is 2.54. The Bertz CT molecular complexity index is 866. The van der Waals surface area contributed by atoms with Gasteiger partial charge in [-0.05, 0) is 32.3 Å². The lowest BCUT2D eigenvalue weighted by Gasteiger charge is -2.27. The van der Waals surface area contributed by atoms with Gasteiger partial charge in [0.25, 0.3) is 5.56 Å². The summed E-state index contributed by atoms with van der Waals surface area (Å²) in [5, 5.41) is 23.3. The lowest BCUT2D eigenvalue weighted by atomic mass is 9.96. The summed E-state index contributed by atoms with van der Waals surface area (Å²) >= 11 is 0. The molecule has 6 unspecified atom stereocenters. The van der Waals surface area contributed by atoms with Gasteiger partial charge in [0.2, 0.25) is 0 Å². The number of ether oxygens (including phenoxy) is 2. The van der Waals surface area contributed by atoms with Gasteiger partial charge in [0.15, 0.2) is 6.23 Å². The zero-order valence-corrected chi connectivity index (χ0v) is 17.3. The molecule has 1 fully saturated rings. The van der Waals surface area contributed by atoms with Crippen LogP contribution in [0.25, 0.3) is 0 Å². The highest BCUT2D eigenvalue weighted by molar-refractivity contribution is 7.36. The molecule has 1 aromatic rings. The van der Waals surface area contributed by atoms with Crippen molar-refractivity contribution in [3.05, 3.63) is 33.1 Å². The Kier molecular flexibility index (Phi) is 7.44. The Morgan fingerprint density at radius 2 is 2.10 bits per heavy atom. The summed E-state index contributed by atoms with van der Waals surface area (Å²) in [7, 11) is -2.51. The zero-order chi connectivity index (χ0) is 21.9. The number of esters is 1. The summed E-state index contributed by atoms with van der Waals surface area (Å²) < 4.78 is 28.5. The Labute approximate surface area is 166 Å².